The van der Waals surface area contributed by atoms with Crippen molar-refractivity contribution in [2.75, 3.05) is 0 Å². The molecule has 0 unspecified atom stereocenters. The van der Waals surface area contributed by atoms with E-state index in [-0.39, 0.29) is 34.2 Å². The van der Waals surface area contributed by atoms with Crippen LogP contribution in [0, 0.1) is 11.3 Å². The molecular weight excluding hydrogens is 300 g/mol. The highest BCUT2D eigenvalue weighted by Gasteiger charge is 2.38. The molecule has 1 N–H and O–H groups in total. The molecule has 1 aromatic rings. The van der Waals surface area contributed by atoms with Gasteiger partial charge in [-0.05, 0) is 28.9 Å². The zero-order valence-corrected chi connectivity index (χ0v) is 15.3. The van der Waals surface area contributed by atoms with Gasteiger partial charge in [-0.3, -0.25) is 9.59 Å². The SMILES string of the molecule is CC(C)Cc1ccc([C@H](C)C(O)=C2C(=O)CC(C)(C)CC2=O)cc1. The van der Waals surface area contributed by atoms with Gasteiger partial charge >= 0.3 is 0 Å². The smallest absolute Gasteiger partial charge is 0.170 e. The predicted octanol–water partition coefficient (Wildman–Crippen LogP) is 4.76. The highest BCUT2D eigenvalue weighted by atomic mass is 16.3. The number of ketones is 2. The zero-order valence-electron chi connectivity index (χ0n) is 15.3. The molecular formula is C21H28O3. The van der Waals surface area contributed by atoms with Gasteiger partial charge in [-0.25, -0.2) is 0 Å². The molecule has 1 aromatic carbocycles. The molecule has 1 atom stereocenters. The van der Waals surface area contributed by atoms with Crippen molar-refractivity contribution in [2.45, 2.75) is 59.8 Å². The van der Waals surface area contributed by atoms with Crippen LogP contribution < -0.4 is 0 Å². The number of carbonyl (C=O) groups is 2. The fourth-order valence-corrected chi connectivity index (χ4v) is 3.34. The largest absolute Gasteiger partial charge is 0.511 e. The first kappa shape index (κ1) is 18.4. The lowest BCUT2D eigenvalue weighted by atomic mass is 9.73. The summed E-state index contributed by atoms with van der Waals surface area (Å²) in [5, 5.41) is 10.6. The van der Waals surface area contributed by atoms with Gasteiger partial charge in [-0.1, -0.05) is 58.9 Å². The lowest BCUT2D eigenvalue weighted by Crippen LogP contribution is -2.33. The molecule has 24 heavy (non-hydrogen) atoms. The number of aliphatic hydroxyl groups is 1. The van der Waals surface area contributed by atoms with Crippen molar-refractivity contribution >= 4 is 11.6 Å². The summed E-state index contributed by atoms with van der Waals surface area (Å²) in [5.74, 6) is -0.335. The Morgan fingerprint density at radius 2 is 1.54 bits per heavy atom. The van der Waals surface area contributed by atoms with Crippen LogP contribution in [0.5, 0.6) is 0 Å². The Morgan fingerprint density at radius 3 is 2.00 bits per heavy atom. The lowest BCUT2D eigenvalue weighted by molar-refractivity contribution is -0.127. The summed E-state index contributed by atoms with van der Waals surface area (Å²) in [6, 6.07) is 8.05. The van der Waals surface area contributed by atoms with Crippen LogP contribution in [0.2, 0.25) is 0 Å². The number of aliphatic hydroxyl groups excluding tert-OH is 1. The minimum Gasteiger partial charge on any atom is -0.511 e. The summed E-state index contributed by atoms with van der Waals surface area (Å²) in [6.07, 6.45) is 1.62. The van der Waals surface area contributed by atoms with E-state index >= 15 is 0 Å². The Hall–Kier alpha value is -1.90. The molecule has 0 saturated heterocycles. The monoisotopic (exact) mass is 328 g/mol. The van der Waals surface area contributed by atoms with Crippen LogP contribution in [0.3, 0.4) is 0 Å². The van der Waals surface area contributed by atoms with Crippen molar-refractivity contribution < 1.29 is 14.7 Å². The molecule has 0 heterocycles. The third kappa shape index (κ3) is 4.14. The number of carbonyl (C=O) groups excluding carboxylic acids is 2. The van der Waals surface area contributed by atoms with Gasteiger partial charge < -0.3 is 5.11 Å². The third-order valence-electron chi connectivity index (χ3n) is 4.63. The maximum atomic E-state index is 12.3. The van der Waals surface area contributed by atoms with Crippen LogP contribution in [0.15, 0.2) is 35.6 Å². The Kier molecular flexibility index (Phi) is 5.32. The Morgan fingerprint density at radius 1 is 1.04 bits per heavy atom. The van der Waals surface area contributed by atoms with Crippen molar-refractivity contribution in [3.8, 4) is 0 Å². The van der Waals surface area contributed by atoms with E-state index < -0.39 is 0 Å². The van der Waals surface area contributed by atoms with Crippen molar-refractivity contribution in [1.29, 1.82) is 0 Å². The van der Waals surface area contributed by atoms with E-state index in [0.717, 1.165) is 12.0 Å². The minimum atomic E-state index is -0.359. The van der Waals surface area contributed by atoms with Crippen LogP contribution >= 0.6 is 0 Å². The molecule has 130 valence electrons. The normalized spacial score (nSPS) is 18.8. The average Bonchev–Trinajstić information content (AvgIpc) is 2.44. The number of hydrogen-bond donors (Lipinski definition) is 1. The van der Waals surface area contributed by atoms with Gasteiger partial charge in [0.2, 0.25) is 0 Å². The van der Waals surface area contributed by atoms with Crippen molar-refractivity contribution in [3.05, 3.63) is 46.7 Å². The molecule has 1 aliphatic carbocycles. The van der Waals surface area contributed by atoms with E-state index in [1.54, 1.807) is 0 Å². The number of benzene rings is 1. The quantitative estimate of drug-likeness (QED) is 0.492. The summed E-state index contributed by atoms with van der Waals surface area (Å²) in [4.78, 5) is 24.7. The second kappa shape index (κ2) is 6.92. The fourth-order valence-electron chi connectivity index (χ4n) is 3.34. The van der Waals surface area contributed by atoms with Gasteiger partial charge in [0.25, 0.3) is 0 Å². The average molecular weight is 328 g/mol. The van der Waals surface area contributed by atoms with E-state index in [2.05, 4.69) is 26.0 Å². The molecule has 1 saturated carbocycles. The highest BCUT2D eigenvalue weighted by Crippen LogP contribution is 2.36. The summed E-state index contributed by atoms with van der Waals surface area (Å²) >= 11 is 0. The van der Waals surface area contributed by atoms with Gasteiger partial charge in [-0.2, -0.15) is 0 Å². The molecule has 0 aromatic heterocycles. The highest BCUT2D eigenvalue weighted by molar-refractivity contribution is 6.22. The lowest BCUT2D eigenvalue weighted by Gasteiger charge is -2.29. The summed E-state index contributed by atoms with van der Waals surface area (Å²) in [7, 11) is 0. The van der Waals surface area contributed by atoms with Gasteiger partial charge in [0, 0.05) is 18.8 Å². The summed E-state index contributed by atoms with van der Waals surface area (Å²) < 4.78 is 0. The summed E-state index contributed by atoms with van der Waals surface area (Å²) in [5.41, 5.74) is 1.85. The molecule has 1 fully saturated rings. The van der Waals surface area contributed by atoms with Crippen molar-refractivity contribution in [2.24, 2.45) is 11.3 Å². The third-order valence-corrected chi connectivity index (χ3v) is 4.63. The van der Waals surface area contributed by atoms with Crippen LogP contribution in [0.1, 0.15) is 64.5 Å². The van der Waals surface area contributed by atoms with E-state index in [9.17, 15) is 14.7 Å². The molecule has 0 bridgehead atoms. The van der Waals surface area contributed by atoms with Crippen LogP contribution in [0.4, 0.5) is 0 Å². The minimum absolute atomic E-state index is 0.00748. The second-order valence-corrected chi connectivity index (χ2v) is 8.19. The van der Waals surface area contributed by atoms with Crippen LogP contribution in [-0.4, -0.2) is 16.7 Å². The zero-order chi connectivity index (χ0) is 18.1. The predicted molar refractivity (Wildman–Crippen MR) is 96.1 cm³/mol. The molecule has 2 rings (SSSR count). The Labute approximate surface area is 144 Å². The van der Waals surface area contributed by atoms with E-state index in [0.29, 0.717) is 18.8 Å². The molecule has 0 aliphatic heterocycles. The van der Waals surface area contributed by atoms with Gasteiger partial charge in [0.05, 0.1) is 5.57 Å². The summed E-state index contributed by atoms with van der Waals surface area (Å²) in [6.45, 7) is 10.0. The van der Waals surface area contributed by atoms with Gasteiger partial charge in [0.15, 0.2) is 11.6 Å². The number of allylic oxidation sites excluding steroid dienone is 2. The first-order valence-corrected chi connectivity index (χ1v) is 8.69. The Bertz CT molecular complexity index is 641. The maximum Gasteiger partial charge on any atom is 0.170 e. The van der Waals surface area contributed by atoms with Gasteiger partial charge in [0.1, 0.15) is 5.76 Å². The first-order valence-electron chi connectivity index (χ1n) is 8.69. The van der Waals surface area contributed by atoms with Gasteiger partial charge in [-0.15, -0.1) is 0 Å². The fraction of sp³-hybridized carbons (Fsp3) is 0.524. The molecule has 3 heteroatoms. The second-order valence-electron chi connectivity index (χ2n) is 8.19. The number of rotatable bonds is 4. The van der Waals surface area contributed by atoms with Crippen LogP contribution in [-0.2, 0) is 16.0 Å². The van der Waals surface area contributed by atoms with E-state index in [1.165, 1.54) is 5.56 Å². The molecule has 3 nitrogen and oxygen atoms in total. The first-order chi connectivity index (χ1) is 11.1. The number of hydrogen-bond acceptors (Lipinski definition) is 3. The molecule has 0 spiro atoms. The Balaban J connectivity index is 2.26. The maximum absolute atomic E-state index is 12.3. The topological polar surface area (TPSA) is 54.4 Å². The molecule has 0 radical (unpaired) electrons. The van der Waals surface area contributed by atoms with E-state index in [1.807, 2.05) is 32.9 Å². The number of Topliss-reactive ketones (excluding diaryl/α,β-unsaturated/α-hetero) is 2. The molecule has 0 amide bonds. The standard InChI is InChI=1S/C21H28O3/c1-13(2)10-15-6-8-16(9-7-15)14(3)20(24)19-17(22)11-21(4,5)12-18(19)23/h6-9,13-14,24H,10-12H2,1-5H3/t14-/m0/s1. The van der Waals surface area contributed by atoms with E-state index in [4.69, 9.17) is 0 Å². The van der Waals surface area contributed by atoms with Crippen molar-refractivity contribution in [1.82, 2.24) is 0 Å². The molecule has 1 aliphatic rings. The van der Waals surface area contributed by atoms with Crippen molar-refractivity contribution in [3.63, 3.8) is 0 Å². The van der Waals surface area contributed by atoms with Crippen LogP contribution in [0.25, 0.3) is 0 Å².